The van der Waals surface area contributed by atoms with E-state index in [1.807, 2.05) is 13.8 Å². The maximum Gasteiger partial charge on any atom is 0.350 e. The number of rotatable bonds is 5. The number of carbonyl (C=O) groups is 2. The number of anilines is 1. The van der Waals surface area contributed by atoms with Crippen LogP contribution in [0.2, 0.25) is 0 Å². The standard InChI is InChI=1S/C19H22N4O3S/c1-11-13(3)23(14-6-4-5-7-14)18(15(11)8-20)22-16(24)9-26-19(25)17-12(2)21-10-27-17/h10,14H,4-7,9H2,1-3H3,(H,22,24). The highest BCUT2D eigenvalue weighted by atomic mass is 32.1. The van der Waals surface area contributed by atoms with Gasteiger partial charge in [-0.2, -0.15) is 5.26 Å². The molecule has 1 saturated carbocycles. The zero-order valence-corrected chi connectivity index (χ0v) is 16.5. The van der Waals surface area contributed by atoms with Gasteiger partial charge in [0.2, 0.25) is 0 Å². The highest BCUT2D eigenvalue weighted by Gasteiger charge is 2.27. The van der Waals surface area contributed by atoms with Gasteiger partial charge in [0.25, 0.3) is 5.91 Å². The molecule has 0 saturated heterocycles. The van der Waals surface area contributed by atoms with Gasteiger partial charge in [-0.25, -0.2) is 9.78 Å². The van der Waals surface area contributed by atoms with E-state index >= 15 is 0 Å². The van der Waals surface area contributed by atoms with Gasteiger partial charge in [0.05, 0.1) is 16.8 Å². The van der Waals surface area contributed by atoms with E-state index in [1.165, 1.54) is 11.3 Å². The number of nitrogens with zero attached hydrogens (tertiary/aromatic N) is 3. The van der Waals surface area contributed by atoms with Crippen molar-refractivity contribution in [3.05, 3.63) is 32.9 Å². The number of carbonyl (C=O) groups excluding carboxylic acids is 2. The molecule has 3 rings (SSSR count). The summed E-state index contributed by atoms with van der Waals surface area (Å²) in [6.45, 7) is 5.17. The number of hydrogen-bond donors (Lipinski definition) is 1. The third-order valence-electron chi connectivity index (χ3n) is 5.08. The lowest BCUT2D eigenvalue weighted by Gasteiger charge is -2.19. The van der Waals surface area contributed by atoms with Gasteiger partial charge in [-0.1, -0.05) is 12.8 Å². The van der Waals surface area contributed by atoms with Gasteiger partial charge in [-0.05, 0) is 39.2 Å². The molecular weight excluding hydrogens is 364 g/mol. The molecule has 1 N–H and O–H groups in total. The Balaban J connectivity index is 1.75. The molecule has 8 heteroatoms. The molecule has 2 aromatic rings. The van der Waals surface area contributed by atoms with Gasteiger partial charge in [0.1, 0.15) is 16.8 Å². The van der Waals surface area contributed by atoms with Crippen molar-refractivity contribution in [3.63, 3.8) is 0 Å². The molecule has 27 heavy (non-hydrogen) atoms. The summed E-state index contributed by atoms with van der Waals surface area (Å²) in [7, 11) is 0. The number of aromatic nitrogens is 2. The molecule has 142 valence electrons. The summed E-state index contributed by atoms with van der Waals surface area (Å²) >= 11 is 1.18. The van der Waals surface area contributed by atoms with Crippen molar-refractivity contribution in [2.45, 2.75) is 52.5 Å². The first-order valence-corrected chi connectivity index (χ1v) is 9.80. The first-order chi connectivity index (χ1) is 12.9. The van der Waals surface area contributed by atoms with Crippen molar-refractivity contribution in [2.24, 2.45) is 0 Å². The molecule has 0 spiro atoms. The average molecular weight is 386 g/mol. The number of nitriles is 1. The maximum atomic E-state index is 12.4. The van der Waals surface area contributed by atoms with E-state index < -0.39 is 18.5 Å². The molecule has 2 heterocycles. The van der Waals surface area contributed by atoms with Crippen molar-refractivity contribution in [3.8, 4) is 6.07 Å². The molecule has 0 unspecified atom stereocenters. The van der Waals surface area contributed by atoms with E-state index in [-0.39, 0.29) is 6.04 Å². The van der Waals surface area contributed by atoms with E-state index in [4.69, 9.17) is 4.74 Å². The second-order valence-electron chi connectivity index (χ2n) is 6.75. The minimum atomic E-state index is -0.566. The zero-order chi connectivity index (χ0) is 19.6. The van der Waals surface area contributed by atoms with Crippen LogP contribution in [-0.4, -0.2) is 28.0 Å². The van der Waals surface area contributed by atoms with Crippen LogP contribution in [0.5, 0.6) is 0 Å². The van der Waals surface area contributed by atoms with Crippen molar-refractivity contribution >= 4 is 29.0 Å². The first-order valence-electron chi connectivity index (χ1n) is 8.92. The summed E-state index contributed by atoms with van der Waals surface area (Å²) in [4.78, 5) is 28.8. The summed E-state index contributed by atoms with van der Waals surface area (Å²) in [5.41, 5.74) is 4.48. The Kier molecular flexibility index (Phi) is 5.61. The van der Waals surface area contributed by atoms with E-state index in [2.05, 4.69) is 20.9 Å². The summed E-state index contributed by atoms with van der Waals surface area (Å²) in [5.74, 6) is -0.516. The van der Waals surface area contributed by atoms with Gasteiger partial charge < -0.3 is 14.6 Å². The SMILES string of the molecule is Cc1ncsc1C(=O)OCC(=O)Nc1c(C#N)c(C)c(C)n1C1CCCC1. The van der Waals surface area contributed by atoms with Crippen LogP contribution in [0.25, 0.3) is 0 Å². The van der Waals surface area contributed by atoms with Crippen LogP contribution >= 0.6 is 11.3 Å². The lowest BCUT2D eigenvalue weighted by atomic mass is 10.2. The number of esters is 1. The molecule has 1 aliphatic rings. The zero-order valence-electron chi connectivity index (χ0n) is 15.7. The van der Waals surface area contributed by atoms with Crippen LogP contribution < -0.4 is 5.32 Å². The second kappa shape index (κ2) is 7.92. The average Bonchev–Trinajstić information content (AvgIpc) is 3.35. The van der Waals surface area contributed by atoms with Crippen LogP contribution in [0.1, 0.15) is 63.9 Å². The molecule has 0 aliphatic heterocycles. The topological polar surface area (TPSA) is 97.0 Å². The predicted molar refractivity (Wildman–Crippen MR) is 102 cm³/mol. The Morgan fingerprint density at radius 2 is 2.07 bits per heavy atom. The normalized spacial score (nSPS) is 14.1. The van der Waals surface area contributed by atoms with E-state index in [1.54, 1.807) is 12.4 Å². The quantitative estimate of drug-likeness (QED) is 0.791. The minimum absolute atomic E-state index is 0.281. The molecule has 1 fully saturated rings. The van der Waals surface area contributed by atoms with Crippen LogP contribution in [-0.2, 0) is 9.53 Å². The predicted octanol–water partition coefficient (Wildman–Crippen LogP) is 3.65. The number of nitrogens with one attached hydrogen (secondary N) is 1. The third-order valence-corrected chi connectivity index (χ3v) is 5.99. The number of amides is 1. The first kappa shape index (κ1) is 19.1. The van der Waals surface area contributed by atoms with Crippen LogP contribution in [0, 0.1) is 32.1 Å². The summed E-state index contributed by atoms with van der Waals surface area (Å²) < 4.78 is 7.17. The molecule has 7 nitrogen and oxygen atoms in total. The van der Waals surface area contributed by atoms with Crippen molar-refractivity contribution in [1.29, 1.82) is 5.26 Å². The molecular formula is C19H22N4O3S. The van der Waals surface area contributed by atoms with Gasteiger partial charge in [0, 0.05) is 11.7 Å². The van der Waals surface area contributed by atoms with Crippen molar-refractivity contribution < 1.29 is 14.3 Å². The smallest absolute Gasteiger partial charge is 0.350 e. The lowest BCUT2D eigenvalue weighted by Crippen LogP contribution is -2.23. The fourth-order valence-electron chi connectivity index (χ4n) is 3.57. The van der Waals surface area contributed by atoms with Crippen molar-refractivity contribution in [2.75, 3.05) is 11.9 Å². The molecule has 0 aromatic carbocycles. The monoisotopic (exact) mass is 386 g/mol. The molecule has 2 aromatic heterocycles. The van der Waals surface area contributed by atoms with Crippen LogP contribution in [0.3, 0.4) is 0 Å². The summed E-state index contributed by atoms with van der Waals surface area (Å²) in [6.07, 6.45) is 4.34. The fraction of sp³-hybridized carbons (Fsp3) is 0.474. The molecule has 0 radical (unpaired) electrons. The largest absolute Gasteiger partial charge is 0.451 e. The molecule has 1 amide bonds. The highest BCUT2D eigenvalue weighted by Crippen LogP contribution is 2.37. The third kappa shape index (κ3) is 3.74. The van der Waals surface area contributed by atoms with Gasteiger partial charge in [-0.15, -0.1) is 11.3 Å². The second-order valence-corrected chi connectivity index (χ2v) is 7.60. The summed E-state index contributed by atoms with van der Waals surface area (Å²) in [6, 6.07) is 2.48. The number of thiazole rings is 1. The lowest BCUT2D eigenvalue weighted by molar-refractivity contribution is -0.119. The molecule has 1 aliphatic carbocycles. The van der Waals surface area contributed by atoms with Crippen LogP contribution in [0.4, 0.5) is 5.82 Å². The Labute approximate surface area is 162 Å². The van der Waals surface area contributed by atoms with E-state index in [0.29, 0.717) is 22.0 Å². The Hall–Kier alpha value is -2.66. The van der Waals surface area contributed by atoms with E-state index in [9.17, 15) is 14.9 Å². The van der Waals surface area contributed by atoms with Gasteiger partial charge >= 0.3 is 5.97 Å². The number of ether oxygens (including phenoxy) is 1. The van der Waals surface area contributed by atoms with Gasteiger partial charge in [-0.3, -0.25) is 4.79 Å². The van der Waals surface area contributed by atoms with E-state index in [0.717, 1.165) is 36.9 Å². The minimum Gasteiger partial charge on any atom is -0.451 e. The Morgan fingerprint density at radius 3 is 2.67 bits per heavy atom. The number of aryl methyl sites for hydroxylation is 1. The van der Waals surface area contributed by atoms with Crippen molar-refractivity contribution in [1.82, 2.24) is 9.55 Å². The van der Waals surface area contributed by atoms with Gasteiger partial charge in [0.15, 0.2) is 6.61 Å². The Bertz CT molecular complexity index is 916. The number of hydrogen-bond acceptors (Lipinski definition) is 6. The molecule has 0 bridgehead atoms. The summed E-state index contributed by atoms with van der Waals surface area (Å²) in [5, 5.41) is 12.4. The van der Waals surface area contributed by atoms with Crippen LogP contribution in [0.15, 0.2) is 5.51 Å². The molecule has 0 atom stereocenters. The Morgan fingerprint density at radius 1 is 1.37 bits per heavy atom. The maximum absolute atomic E-state index is 12.4. The fourth-order valence-corrected chi connectivity index (χ4v) is 4.26. The highest BCUT2D eigenvalue weighted by molar-refractivity contribution is 7.11.